The average molecular weight is 552 g/mol. The van der Waals surface area contributed by atoms with Crippen LogP contribution in [0, 0.1) is 66.1 Å². The van der Waals surface area contributed by atoms with E-state index in [4.69, 9.17) is 9.47 Å². The Kier molecular flexibility index (Phi) is 11.3. The molecule has 210 valence electrons. The van der Waals surface area contributed by atoms with Crippen LogP contribution in [-0.2, 0) is 38.5 Å². The van der Waals surface area contributed by atoms with E-state index in [1.807, 2.05) is 0 Å². The molecule has 0 aromatic heterocycles. The Bertz CT molecular complexity index is 747. The molecular weight excluding hydrogens is 536 g/mol. The third-order valence-electron chi connectivity index (χ3n) is 4.31. The predicted octanol–water partition coefficient (Wildman–Crippen LogP) is -2.26. The van der Waals surface area contributed by atoms with E-state index in [1.165, 1.54) is 0 Å². The van der Waals surface area contributed by atoms with Crippen LogP contribution in [0.15, 0.2) is 0 Å². The third kappa shape index (κ3) is 10.9. The first kappa shape index (κ1) is 30.2. The van der Waals surface area contributed by atoms with E-state index in [9.17, 15) is 60.7 Å². The minimum Gasteiger partial charge on any atom is -0.371 e. The van der Waals surface area contributed by atoms with Crippen molar-refractivity contribution in [2.24, 2.45) is 5.41 Å². The van der Waals surface area contributed by atoms with Crippen LogP contribution >= 0.6 is 0 Å². The highest BCUT2D eigenvalue weighted by Crippen LogP contribution is 2.30. The van der Waals surface area contributed by atoms with Crippen LogP contribution in [-0.4, -0.2) is 94.6 Å². The quantitative estimate of drug-likeness (QED) is 0.144. The van der Waals surface area contributed by atoms with Gasteiger partial charge in [-0.15, -0.1) is 60.7 Å². The van der Waals surface area contributed by atoms with Gasteiger partial charge in [-0.2, -0.15) is 0 Å². The Morgan fingerprint density at radius 3 is 1.03 bits per heavy atom. The smallest absolute Gasteiger partial charge is 0.294 e. The van der Waals surface area contributed by atoms with Crippen molar-refractivity contribution >= 4 is 0 Å². The van der Waals surface area contributed by atoms with E-state index in [-0.39, 0.29) is 13.2 Å². The largest absolute Gasteiger partial charge is 0.371 e. The molecule has 2 heterocycles. The van der Waals surface area contributed by atoms with Gasteiger partial charge in [-0.05, 0) is 0 Å². The number of nitrogens with zero attached hydrogens (tertiary/aromatic N) is 6. The molecule has 0 saturated carbocycles. The monoisotopic (exact) mass is 552 g/mol. The first-order valence-corrected chi connectivity index (χ1v) is 9.19. The van der Waals surface area contributed by atoms with Crippen molar-refractivity contribution in [3.05, 3.63) is 60.7 Å². The number of hydrogen-bond donors (Lipinski definition) is 0. The lowest BCUT2D eigenvalue weighted by molar-refractivity contribution is -0.792. The highest BCUT2D eigenvalue weighted by atomic mass is 17.0. The van der Waals surface area contributed by atoms with Crippen molar-refractivity contribution in [3.63, 3.8) is 0 Å². The van der Waals surface area contributed by atoms with Crippen LogP contribution in [0.4, 0.5) is 0 Å². The molecule has 2 aliphatic rings. The fourth-order valence-electron chi connectivity index (χ4n) is 2.84. The lowest BCUT2D eigenvalue weighted by atomic mass is 9.92. The summed E-state index contributed by atoms with van der Waals surface area (Å²) in [7, 11) is 0. The summed E-state index contributed by atoms with van der Waals surface area (Å²) in [4.78, 5) is 85.1. The van der Waals surface area contributed by atoms with Crippen LogP contribution in [0.3, 0.4) is 0 Å². The highest BCUT2D eigenvalue weighted by Gasteiger charge is 2.51. The van der Waals surface area contributed by atoms with Gasteiger partial charge in [-0.1, -0.05) is 0 Å². The van der Waals surface area contributed by atoms with Crippen molar-refractivity contribution in [3.8, 4) is 0 Å². The van der Waals surface area contributed by atoms with E-state index in [0.29, 0.717) is 0 Å². The maximum Gasteiger partial charge on any atom is 0.294 e. The average Bonchev–Trinajstić information content (AvgIpc) is 3.35. The zero-order valence-electron chi connectivity index (χ0n) is 17.9. The number of fused-ring (bicyclic) bond motifs is 1. The second-order valence-corrected chi connectivity index (χ2v) is 6.82. The molecule has 0 unspecified atom stereocenters. The molecule has 0 aromatic carbocycles. The lowest BCUT2D eigenvalue weighted by Gasteiger charge is -2.28. The van der Waals surface area contributed by atoms with Gasteiger partial charge in [0.05, 0.1) is 18.6 Å². The first-order chi connectivity index (χ1) is 17.2. The Hall–Kier alpha value is -4.88. The minimum absolute atomic E-state index is 0.0477. The second kappa shape index (κ2) is 13.9. The Morgan fingerprint density at radius 1 is 0.541 bits per heavy atom. The molecule has 2 fully saturated rings. The molecule has 0 N–H and O–H groups in total. The molecule has 2 rings (SSSR count). The summed E-state index contributed by atoms with van der Waals surface area (Å²) in [5, 5.41) is 53.6. The van der Waals surface area contributed by atoms with Crippen molar-refractivity contribution in [1.29, 1.82) is 0 Å². The van der Waals surface area contributed by atoms with Gasteiger partial charge < -0.3 is 38.5 Å². The van der Waals surface area contributed by atoms with E-state index >= 15 is 0 Å². The Morgan fingerprint density at radius 2 is 0.811 bits per heavy atom. The molecule has 2 aliphatic heterocycles. The standard InChI is InChI=1S/C6H8N2O8.C5H8N4O12/c9-7(10)15-3-1-13-6-4(16-8(11)12)2-14-5(3)6;10-6(11)18-1-5(2-19-7(12)13,3-20-8(14)15)4-21-9(16)17/h3-6H,1-2H2;1-4H2/t3-,4+,5-,6-;/m1./s1. The zero-order valence-corrected chi connectivity index (χ0v) is 17.9. The molecule has 0 aliphatic carbocycles. The van der Waals surface area contributed by atoms with Gasteiger partial charge in [0.1, 0.15) is 38.6 Å². The third-order valence-corrected chi connectivity index (χ3v) is 4.31. The van der Waals surface area contributed by atoms with Crippen LogP contribution in [0.1, 0.15) is 0 Å². The van der Waals surface area contributed by atoms with E-state index in [1.54, 1.807) is 0 Å². The van der Waals surface area contributed by atoms with Gasteiger partial charge in [0.2, 0.25) is 0 Å². The molecule has 26 nitrogen and oxygen atoms in total. The minimum atomic E-state index is -2.03. The number of hydrogen-bond acceptors (Lipinski definition) is 20. The lowest BCUT2D eigenvalue weighted by Crippen LogP contribution is -2.43. The summed E-state index contributed by atoms with van der Waals surface area (Å²) in [6.07, 6.45) is -3.12. The maximum atomic E-state index is 10.1. The van der Waals surface area contributed by atoms with Crippen LogP contribution in [0.5, 0.6) is 0 Å². The van der Waals surface area contributed by atoms with Crippen molar-refractivity contribution in [2.45, 2.75) is 24.4 Å². The summed E-state index contributed by atoms with van der Waals surface area (Å²) >= 11 is 0. The Balaban J connectivity index is 0.000000381. The van der Waals surface area contributed by atoms with E-state index in [2.05, 4.69) is 29.0 Å². The van der Waals surface area contributed by atoms with E-state index in [0.717, 1.165) is 0 Å². The summed E-state index contributed by atoms with van der Waals surface area (Å²) in [6.45, 7) is -4.22. The number of rotatable bonds is 16. The SMILES string of the molecule is O=[N+]([O-])OCC(CO[N+](=O)[O-])(CO[N+](=O)[O-])CO[N+](=O)[O-].O=[N+]([O-])O[C@H]1CO[C@H]2[C@@H]1OC[C@H]2O[N+](=O)[O-]. The number of ether oxygens (including phenoxy) is 2. The molecule has 2 saturated heterocycles. The maximum absolute atomic E-state index is 10.1. The summed E-state index contributed by atoms with van der Waals surface area (Å²) in [6, 6.07) is 0. The highest BCUT2D eigenvalue weighted by molar-refractivity contribution is 4.94. The van der Waals surface area contributed by atoms with Crippen molar-refractivity contribution in [2.75, 3.05) is 39.6 Å². The summed E-state index contributed by atoms with van der Waals surface area (Å²) in [5.41, 5.74) is -2.03. The van der Waals surface area contributed by atoms with Crippen LogP contribution in [0.25, 0.3) is 0 Å². The van der Waals surface area contributed by atoms with Gasteiger partial charge in [-0.3, -0.25) is 0 Å². The van der Waals surface area contributed by atoms with Crippen molar-refractivity contribution < 1.29 is 69.0 Å². The Labute approximate surface area is 200 Å². The molecule has 0 amide bonds. The molecule has 0 bridgehead atoms. The summed E-state index contributed by atoms with van der Waals surface area (Å²) in [5.74, 6) is 0. The topological polar surface area (TPSA) is 333 Å². The zero-order chi connectivity index (χ0) is 28.2. The summed E-state index contributed by atoms with van der Waals surface area (Å²) < 4.78 is 10.2. The molecule has 0 radical (unpaired) electrons. The van der Waals surface area contributed by atoms with Gasteiger partial charge >= 0.3 is 0 Å². The van der Waals surface area contributed by atoms with Gasteiger partial charge in [0.25, 0.3) is 30.5 Å². The molecule has 4 atom stereocenters. The van der Waals surface area contributed by atoms with Gasteiger partial charge in [-0.25, -0.2) is 0 Å². The fourth-order valence-corrected chi connectivity index (χ4v) is 2.84. The fraction of sp³-hybridized carbons (Fsp3) is 1.00. The molecule has 0 spiro atoms. The molecule has 0 aromatic rings. The molecular formula is C11H16N6O20. The predicted molar refractivity (Wildman–Crippen MR) is 97.4 cm³/mol. The van der Waals surface area contributed by atoms with Gasteiger partial charge in [0.15, 0.2) is 12.2 Å². The van der Waals surface area contributed by atoms with Gasteiger partial charge in [0, 0.05) is 0 Å². The first-order valence-electron chi connectivity index (χ1n) is 9.19. The molecule has 26 heteroatoms. The molecule has 37 heavy (non-hydrogen) atoms. The van der Waals surface area contributed by atoms with Crippen LogP contribution < -0.4 is 0 Å². The van der Waals surface area contributed by atoms with Crippen LogP contribution in [0.2, 0.25) is 0 Å². The van der Waals surface area contributed by atoms with Crippen molar-refractivity contribution in [1.82, 2.24) is 0 Å². The second-order valence-electron chi connectivity index (χ2n) is 6.82. The van der Waals surface area contributed by atoms with E-state index < -0.39 is 86.8 Å². The normalized spacial score (nSPS) is 21.7.